The number of thioether (sulfide) groups is 1. The zero-order valence-corrected chi connectivity index (χ0v) is 9.03. The van der Waals surface area contributed by atoms with Gasteiger partial charge in [-0.1, -0.05) is 6.08 Å². The van der Waals surface area contributed by atoms with Crippen LogP contribution in [-0.4, -0.2) is 44.1 Å². The lowest BCUT2D eigenvalue weighted by Gasteiger charge is -2.41. The van der Waals surface area contributed by atoms with Crippen LogP contribution in [0.1, 0.15) is 6.92 Å². The summed E-state index contributed by atoms with van der Waals surface area (Å²) in [6.45, 7) is 5.40. The van der Waals surface area contributed by atoms with Crippen LogP contribution in [0.25, 0.3) is 0 Å². The quantitative estimate of drug-likeness (QED) is 0.497. The molecule has 0 aromatic carbocycles. The van der Waals surface area contributed by atoms with E-state index in [9.17, 15) is 9.59 Å². The van der Waals surface area contributed by atoms with Crippen LogP contribution in [0.4, 0.5) is 0 Å². The molecule has 2 rings (SSSR count). The number of carbonyl (C=O) groups excluding carboxylic acids is 1. The molecule has 1 amide bonds. The Labute approximate surface area is 91.3 Å². The number of β-lactam (4-membered cyclic amide) rings is 1. The topological polar surface area (TPSA) is 83.6 Å². The van der Waals surface area contributed by atoms with E-state index in [1.165, 1.54) is 16.7 Å². The Bertz CT molecular complexity index is 359. The summed E-state index contributed by atoms with van der Waals surface area (Å²) in [5.41, 5.74) is 5.61. The van der Waals surface area contributed by atoms with Gasteiger partial charge in [-0.15, -0.1) is 18.3 Å². The number of carboxylic acid groups (broad SMARTS) is 1. The molecule has 0 saturated carbocycles. The molecule has 2 heterocycles. The van der Waals surface area contributed by atoms with Crippen LogP contribution in [0.3, 0.4) is 0 Å². The third kappa shape index (κ3) is 1.15. The lowest BCUT2D eigenvalue weighted by Crippen LogP contribution is -2.68. The summed E-state index contributed by atoms with van der Waals surface area (Å²) in [6, 6.07) is -1.42. The van der Waals surface area contributed by atoms with Gasteiger partial charge in [0.1, 0.15) is 17.5 Å². The van der Waals surface area contributed by atoms with E-state index in [-0.39, 0.29) is 11.3 Å². The minimum absolute atomic E-state index is 0.221. The second-order valence-corrected chi connectivity index (χ2v) is 5.51. The maximum absolute atomic E-state index is 11.5. The molecule has 15 heavy (non-hydrogen) atoms. The average Bonchev–Trinajstić information content (AvgIpc) is 2.49. The number of carbonyl (C=O) groups is 2. The van der Waals surface area contributed by atoms with Gasteiger partial charge >= 0.3 is 5.97 Å². The lowest BCUT2D eigenvalue weighted by atomic mass is 9.95. The van der Waals surface area contributed by atoms with Crippen LogP contribution in [0.15, 0.2) is 12.7 Å². The van der Waals surface area contributed by atoms with Crippen molar-refractivity contribution in [2.24, 2.45) is 5.73 Å². The first-order valence-electron chi connectivity index (χ1n) is 4.54. The first-order valence-corrected chi connectivity index (χ1v) is 5.42. The molecular formula is C9H12N2O3S. The largest absolute Gasteiger partial charge is 0.480 e. The molecule has 3 N–H and O–H groups in total. The van der Waals surface area contributed by atoms with Crippen molar-refractivity contribution >= 4 is 23.6 Å². The molecule has 0 aliphatic carbocycles. The van der Waals surface area contributed by atoms with E-state index in [4.69, 9.17) is 10.8 Å². The maximum atomic E-state index is 11.5. The van der Waals surface area contributed by atoms with Crippen molar-refractivity contribution in [2.45, 2.75) is 29.1 Å². The summed E-state index contributed by atoms with van der Waals surface area (Å²) in [5.74, 6) is -1.29. The first-order chi connectivity index (χ1) is 6.92. The van der Waals surface area contributed by atoms with Gasteiger partial charge in [-0.3, -0.25) is 4.79 Å². The number of hydrogen-bond donors (Lipinski definition) is 2. The molecule has 4 atom stereocenters. The SMILES string of the molecule is C=CC1(C)SC2C(N)C(=O)N2C1C(=O)O. The van der Waals surface area contributed by atoms with Gasteiger partial charge in [-0.25, -0.2) is 4.79 Å². The predicted octanol–water partition coefficient (Wildman–Crippen LogP) is -0.373. The molecule has 0 radical (unpaired) electrons. The van der Waals surface area contributed by atoms with E-state index in [1.807, 2.05) is 0 Å². The number of rotatable bonds is 2. The number of amides is 1. The van der Waals surface area contributed by atoms with E-state index in [1.54, 1.807) is 13.0 Å². The molecule has 0 aromatic heterocycles. The maximum Gasteiger partial charge on any atom is 0.328 e. The number of aliphatic carboxylic acids is 1. The highest BCUT2D eigenvalue weighted by molar-refractivity contribution is 8.02. The molecule has 2 aliphatic heterocycles. The molecule has 5 nitrogen and oxygen atoms in total. The fourth-order valence-electron chi connectivity index (χ4n) is 2.04. The summed E-state index contributed by atoms with van der Waals surface area (Å²) >= 11 is 1.39. The van der Waals surface area contributed by atoms with Gasteiger partial charge in [0, 0.05) is 0 Å². The van der Waals surface area contributed by atoms with E-state index in [2.05, 4.69) is 6.58 Å². The van der Waals surface area contributed by atoms with E-state index < -0.39 is 22.8 Å². The van der Waals surface area contributed by atoms with Crippen LogP contribution in [0.5, 0.6) is 0 Å². The molecule has 2 saturated heterocycles. The fraction of sp³-hybridized carbons (Fsp3) is 0.556. The number of hydrogen-bond acceptors (Lipinski definition) is 4. The van der Waals surface area contributed by atoms with Gasteiger partial charge in [0.25, 0.3) is 0 Å². The molecule has 4 unspecified atom stereocenters. The Kier molecular flexibility index (Phi) is 2.09. The summed E-state index contributed by atoms with van der Waals surface area (Å²) in [7, 11) is 0. The number of carboxylic acids is 1. The van der Waals surface area contributed by atoms with E-state index >= 15 is 0 Å². The summed E-state index contributed by atoms with van der Waals surface area (Å²) in [6.07, 6.45) is 1.58. The van der Waals surface area contributed by atoms with Gasteiger partial charge in [0.05, 0.1) is 4.75 Å². The highest BCUT2D eigenvalue weighted by Crippen LogP contribution is 2.50. The first kappa shape index (κ1) is 10.5. The second kappa shape index (κ2) is 2.99. The van der Waals surface area contributed by atoms with Crippen molar-refractivity contribution in [2.75, 3.05) is 0 Å². The van der Waals surface area contributed by atoms with E-state index in [0.29, 0.717) is 0 Å². The van der Waals surface area contributed by atoms with Crippen LogP contribution >= 0.6 is 11.8 Å². The Balaban J connectivity index is 2.37. The van der Waals surface area contributed by atoms with Crippen molar-refractivity contribution in [3.8, 4) is 0 Å². The van der Waals surface area contributed by atoms with Gasteiger partial charge < -0.3 is 15.7 Å². The molecule has 2 fully saturated rings. The zero-order chi connectivity index (χ0) is 11.4. The summed E-state index contributed by atoms with van der Waals surface area (Å²) in [5, 5.41) is 8.89. The monoisotopic (exact) mass is 228 g/mol. The Morgan fingerprint density at radius 1 is 1.80 bits per heavy atom. The number of nitrogens with zero attached hydrogens (tertiary/aromatic N) is 1. The highest BCUT2D eigenvalue weighted by Gasteiger charge is 2.63. The van der Waals surface area contributed by atoms with Crippen molar-refractivity contribution in [3.63, 3.8) is 0 Å². The Morgan fingerprint density at radius 2 is 2.40 bits per heavy atom. The highest BCUT2D eigenvalue weighted by atomic mass is 32.2. The summed E-state index contributed by atoms with van der Waals surface area (Å²) in [4.78, 5) is 23.9. The number of fused-ring (bicyclic) bond motifs is 1. The predicted molar refractivity (Wildman–Crippen MR) is 56.2 cm³/mol. The molecule has 0 aromatic rings. The summed E-state index contributed by atoms with van der Waals surface area (Å²) < 4.78 is -0.652. The zero-order valence-electron chi connectivity index (χ0n) is 8.21. The van der Waals surface area contributed by atoms with Crippen LogP contribution in [-0.2, 0) is 9.59 Å². The molecule has 0 bridgehead atoms. The Hall–Kier alpha value is -1.01. The van der Waals surface area contributed by atoms with Gasteiger partial charge in [0.15, 0.2) is 0 Å². The Morgan fingerprint density at radius 3 is 2.87 bits per heavy atom. The van der Waals surface area contributed by atoms with Crippen molar-refractivity contribution in [1.29, 1.82) is 0 Å². The third-order valence-electron chi connectivity index (χ3n) is 2.96. The minimum atomic E-state index is -1.01. The second-order valence-electron chi connectivity index (χ2n) is 3.91. The smallest absolute Gasteiger partial charge is 0.328 e. The molecule has 0 spiro atoms. The number of nitrogens with two attached hydrogens (primary N) is 1. The van der Waals surface area contributed by atoms with Gasteiger partial charge in [-0.05, 0) is 6.92 Å². The van der Waals surface area contributed by atoms with Crippen molar-refractivity contribution in [1.82, 2.24) is 4.90 Å². The normalized spacial score (nSPS) is 43.5. The molecule has 6 heteroatoms. The van der Waals surface area contributed by atoms with Crippen molar-refractivity contribution < 1.29 is 14.7 Å². The molecular weight excluding hydrogens is 216 g/mol. The molecule has 82 valence electrons. The van der Waals surface area contributed by atoms with Gasteiger partial charge in [0.2, 0.25) is 5.91 Å². The third-order valence-corrected chi connectivity index (χ3v) is 4.62. The van der Waals surface area contributed by atoms with Crippen LogP contribution in [0.2, 0.25) is 0 Å². The molecule has 2 aliphatic rings. The minimum Gasteiger partial charge on any atom is -0.480 e. The fourth-order valence-corrected chi connectivity index (χ4v) is 3.60. The standard InChI is InChI=1S/C9H12N2O3S/c1-3-9(2)5(8(13)14)11-6(12)4(10)7(11)15-9/h3-5,7H,1,10H2,2H3,(H,13,14). The lowest BCUT2D eigenvalue weighted by molar-refractivity contribution is -0.158. The average molecular weight is 228 g/mol. The van der Waals surface area contributed by atoms with Gasteiger partial charge in [-0.2, -0.15) is 0 Å². The van der Waals surface area contributed by atoms with Crippen LogP contribution in [0, 0.1) is 0 Å². The van der Waals surface area contributed by atoms with E-state index in [0.717, 1.165) is 0 Å². The van der Waals surface area contributed by atoms with Crippen molar-refractivity contribution in [3.05, 3.63) is 12.7 Å². The van der Waals surface area contributed by atoms with Crippen LogP contribution < -0.4 is 5.73 Å².